The summed E-state index contributed by atoms with van der Waals surface area (Å²) >= 11 is 0. The van der Waals surface area contributed by atoms with Gasteiger partial charge in [0.1, 0.15) is 17.9 Å². The maximum absolute atomic E-state index is 12.6. The Hall–Kier alpha value is -1.93. The van der Waals surface area contributed by atoms with Gasteiger partial charge in [-0.25, -0.2) is 13.4 Å². The molecule has 0 atom stereocenters. The van der Waals surface area contributed by atoms with Gasteiger partial charge in [-0.15, -0.1) is 0 Å². The first-order valence-corrected chi connectivity index (χ1v) is 7.76. The normalized spacial score (nSPS) is 11.9. The number of ether oxygens (including phenoxy) is 1. The number of nitrogens with zero attached hydrogens (tertiary/aromatic N) is 3. The van der Waals surface area contributed by atoms with Crippen LogP contribution in [0.3, 0.4) is 0 Å². The van der Waals surface area contributed by atoms with Crippen LogP contribution in [-0.4, -0.2) is 42.1 Å². The van der Waals surface area contributed by atoms with E-state index in [2.05, 4.69) is 15.2 Å². The van der Waals surface area contributed by atoms with Gasteiger partial charge in [-0.1, -0.05) is 0 Å². The van der Waals surface area contributed by atoms with Crippen LogP contribution in [0.5, 0.6) is 5.75 Å². The first-order valence-electron chi connectivity index (χ1n) is 6.32. The molecule has 2 rings (SSSR count). The number of aromatic nitrogens is 3. The zero-order valence-corrected chi connectivity index (χ0v) is 13.2. The summed E-state index contributed by atoms with van der Waals surface area (Å²) in [7, 11) is -0.519. The predicted molar refractivity (Wildman–Crippen MR) is 77.5 cm³/mol. The van der Waals surface area contributed by atoms with Crippen LogP contribution < -0.4 is 4.74 Å². The van der Waals surface area contributed by atoms with Gasteiger partial charge in [0.25, 0.3) is 0 Å². The minimum atomic E-state index is -3.60. The van der Waals surface area contributed by atoms with Crippen molar-refractivity contribution in [1.29, 1.82) is 0 Å². The zero-order chi connectivity index (χ0) is 15.6. The van der Waals surface area contributed by atoms with Crippen LogP contribution in [-0.2, 0) is 16.6 Å². The monoisotopic (exact) mass is 310 g/mol. The van der Waals surface area contributed by atoms with Crippen molar-refractivity contribution in [1.82, 2.24) is 19.5 Å². The van der Waals surface area contributed by atoms with E-state index in [0.717, 1.165) is 11.1 Å². The van der Waals surface area contributed by atoms with E-state index >= 15 is 0 Å². The van der Waals surface area contributed by atoms with Gasteiger partial charge in [0.2, 0.25) is 10.0 Å². The van der Waals surface area contributed by atoms with Crippen LogP contribution >= 0.6 is 0 Å². The van der Waals surface area contributed by atoms with E-state index in [-0.39, 0.29) is 11.4 Å². The standard InChI is InChI=1S/C13H18N4O3S/c1-9-5-11(6-10(2)13(9)20-4)21(18,19)17(3)7-12-14-8-15-16-12/h5-6,8H,7H2,1-4H3,(H,14,15,16). The smallest absolute Gasteiger partial charge is 0.243 e. The molecule has 8 heteroatoms. The molecule has 0 aliphatic heterocycles. The fourth-order valence-electron chi connectivity index (χ4n) is 2.16. The van der Waals surface area contributed by atoms with E-state index in [1.807, 2.05) is 13.8 Å². The summed E-state index contributed by atoms with van der Waals surface area (Å²) in [6.07, 6.45) is 1.34. The third kappa shape index (κ3) is 3.06. The van der Waals surface area contributed by atoms with Crippen molar-refractivity contribution in [3.8, 4) is 5.75 Å². The van der Waals surface area contributed by atoms with Crippen LogP contribution in [0.15, 0.2) is 23.4 Å². The number of benzene rings is 1. The molecule has 1 heterocycles. The van der Waals surface area contributed by atoms with Crippen molar-refractivity contribution in [2.24, 2.45) is 0 Å². The zero-order valence-electron chi connectivity index (χ0n) is 12.4. The Balaban J connectivity index is 2.35. The van der Waals surface area contributed by atoms with Crippen molar-refractivity contribution in [3.05, 3.63) is 35.4 Å². The molecule has 1 aromatic heterocycles. The molecule has 0 saturated heterocycles. The molecular formula is C13H18N4O3S. The number of H-pyrrole nitrogens is 1. The van der Waals surface area contributed by atoms with Crippen LogP contribution in [0.2, 0.25) is 0 Å². The number of aromatic amines is 1. The molecule has 21 heavy (non-hydrogen) atoms. The number of methoxy groups -OCH3 is 1. The Morgan fingerprint density at radius 3 is 2.38 bits per heavy atom. The number of rotatable bonds is 5. The number of sulfonamides is 1. The fraction of sp³-hybridized carbons (Fsp3) is 0.385. The molecule has 0 bridgehead atoms. The lowest BCUT2D eigenvalue weighted by molar-refractivity contribution is 0.407. The van der Waals surface area contributed by atoms with E-state index in [4.69, 9.17) is 4.74 Å². The van der Waals surface area contributed by atoms with Gasteiger partial charge in [0.15, 0.2) is 0 Å². The number of hydrogen-bond acceptors (Lipinski definition) is 5. The van der Waals surface area contributed by atoms with Crippen LogP contribution in [0.4, 0.5) is 0 Å². The minimum Gasteiger partial charge on any atom is -0.496 e. The van der Waals surface area contributed by atoms with E-state index in [1.165, 1.54) is 17.7 Å². The van der Waals surface area contributed by atoms with Crippen LogP contribution in [0, 0.1) is 13.8 Å². The lowest BCUT2D eigenvalue weighted by Gasteiger charge is -2.18. The molecule has 0 unspecified atom stereocenters. The Bertz CT molecular complexity index is 703. The van der Waals surface area contributed by atoms with Crippen molar-refractivity contribution < 1.29 is 13.2 Å². The highest BCUT2D eigenvalue weighted by Gasteiger charge is 2.23. The Kier molecular flexibility index (Phi) is 4.29. The lowest BCUT2D eigenvalue weighted by atomic mass is 10.1. The van der Waals surface area contributed by atoms with Gasteiger partial charge >= 0.3 is 0 Å². The predicted octanol–water partition coefficient (Wildman–Crippen LogP) is 1.25. The Labute approximate surface area is 124 Å². The van der Waals surface area contributed by atoms with Gasteiger partial charge in [-0.05, 0) is 37.1 Å². The number of aryl methyl sites for hydroxylation is 2. The van der Waals surface area contributed by atoms with E-state index in [9.17, 15) is 8.42 Å². The average molecular weight is 310 g/mol. The number of nitrogens with one attached hydrogen (secondary N) is 1. The molecule has 0 fully saturated rings. The van der Waals surface area contributed by atoms with Crippen molar-refractivity contribution in [3.63, 3.8) is 0 Å². The second-order valence-corrected chi connectivity index (χ2v) is 6.83. The van der Waals surface area contributed by atoms with Gasteiger partial charge in [0, 0.05) is 7.05 Å². The highest BCUT2D eigenvalue weighted by molar-refractivity contribution is 7.89. The SMILES string of the molecule is COc1c(C)cc(S(=O)(=O)N(C)Cc2ncn[nH]2)cc1C. The fourth-order valence-corrected chi connectivity index (χ4v) is 3.47. The Morgan fingerprint density at radius 2 is 1.90 bits per heavy atom. The van der Waals surface area contributed by atoms with Crippen molar-refractivity contribution >= 4 is 10.0 Å². The van der Waals surface area contributed by atoms with Gasteiger partial charge in [0.05, 0.1) is 18.6 Å². The second kappa shape index (κ2) is 5.82. The van der Waals surface area contributed by atoms with Crippen molar-refractivity contribution in [2.45, 2.75) is 25.3 Å². The average Bonchev–Trinajstić information content (AvgIpc) is 2.91. The molecule has 0 amide bonds. The summed E-state index contributed by atoms with van der Waals surface area (Å²) in [5.41, 5.74) is 1.56. The summed E-state index contributed by atoms with van der Waals surface area (Å²) in [5.74, 6) is 1.19. The highest BCUT2D eigenvalue weighted by Crippen LogP contribution is 2.27. The molecule has 0 spiro atoms. The topological polar surface area (TPSA) is 88.2 Å². The summed E-state index contributed by atoms with van der Waals surface area (Å²) in [6.45, 7) is 3.77. The minimum absolute atomic E-state index is 0.131. The van der Waals surface area contributed by atoms with Gasteiger partial charge < -0.3 is 4.74 Å². The molecule has 2 aromatic rings. The molecule has 1 aromatic carbocycles. The first-order chi connectivity index (χ1) is 9.86. The van der Waals surface area contributed by atoms with E-state index < -0.39 is 10.0 Å². The summed E-state index contributed by atoms with van der Waals surface area (Å²) in [6, 6.07) is 3.22. The van der Waals surface area contributed by atoms with Gasteiger partial charge in [-0.2, -0.15) is 9.40 Å². The largest absolute Gasteiger partial charge is 0.496 e. The highest BCUT2D eigenvalue weighted by atomic mass is 32.2. The molecule has 0 aliphatic carbocycles. The maximum atomic E-state index is 12.6. The summed E-state index contributed by atoms with van der Waals surface area (Å²) in [4.78, 5) is 4.17. The molecular weight excluding hydrogens is 292 g/mol. The van der Waals surface area contributed by atoms with Crippen LogP contribution in [0.25, 0.3) is 0 Å². The third-order valence-electron chi connectivity index (χ3n) is 3.18. The van der Waals surface area contributed by atoms with Crippen LogP contribution in [0.1, 0.15) is 17.0 Å². The lowest BCUT2D eigenvalue weighted by Crippen LogP contribution is -2.27. The third-order valence-corrected chi connectivity index (χ3v) is 4.96. The van der Waals surface area contributed by atoms with Crippen molar-refractivity contribution in [2.75, 3.05) is 14.2 Å². The van der Waals surface area contributed by atoms with E-state index in [0.29, 0.717) is 11.6 Å². The summed E-state index contributed by atoms with van der Waals surface area (Å²) in [5, 5.41) is 6.35. The summed E-state index contributed by atoms with van der Waals surface area (Å²) < 4.78 is 31.7. The first kappa shape index (κ1) is 15.5. The van der Waals surface area contributed by atoms with E-state index in [1.54, 1.807) is 19.2 Å². The molecule has 114 valence electrons. The maximum Gasteiger partial charge on any atom is 0.243 e. The Morgan fingerprint density at radius 1 is 1.29 bits per heavy atom. The molecule has 1 N–H and O–H groups in total. The molecule has 0 saturated carbocycles. The second-order valence-electron chi connectivity index (χ2n) is 4.78. The molecule has 0 radical (unpaired) electrons. The molecule has 7 nitrogen and oxygen atoms in total. The number of hydrogen-bond donors (Lipinski definition) is 1. The quantitative estimate of drug-likeness (QED) is 0.898. The molecule has 0 aliphatic rings. The van der Waals surface area contributed by atoms with Gasteiger partial charge in [-0.3, -0.25) is 5.10 Å².